The van der Waals surface area contributed by atoms with Crippen molar-refractivity contribution in [2.45, 2.75) is 59.4 Å². The highest BCUT2D eigenvalue weighted by atomic mass is 32.1. The van der Waals surface area contributed by atoms with E-state index in [0.717, 1.165) is 18.9 Å². The van der Waals surface area contributed by atoms with E-state index in [1.54, 1.807) is 4.88 Å². The van der Waals surface area contributed by atoms with Gasteiger partial charge in [0.2, 0.25) is 0 Å². The molecule has 1 N–H and O–H groups in total. The minimum atomic E-state index is 0.577. The van der Waals surface area contributed by atoms with E-state index in [-0.39, 0.29) is 0 Å². The van der Waals surface area contributed by atoms with Crippen LogP contribution in [0.15, 0.2) is 11.4 Å². The lowest BCUT2D eigenvalue weighted by Gasteiger charge is -2.18. The van der Waals surface area contributed by atoms with Crippen molar-refractivity contribution in [3.8, 4) is 0 Å². The molecule has 0 amide bonds. The number of aryl methyl sites for hydroxylation is 1. The number of thiophene rings is 1. The first-order valence-electron chi connectivity index (χ1n) is 6.98. The van der Waals surface area contributed by atoms with Crippen LogP contribution < -0.4 is 5.32 Å². The standard InChI is InChI=1S/C15H27NS/c1-5-13-10-11-17-15(13)14(16-6-2)9-7-8-12(3)4/h10-12,14,16H,5-9H2,1-4H3. The lowest BCUT2D eigenvalue weighted by Crippen LogP contribution is -2.21. The van der Waals surface area contributed by atoms with Gasteiger partial charge >= 0.3 is 0 Å². The van der Waals surface area contributed by atoms with Crippen LogP contribution in [0.1, 0.15) is 63.4 Å². The van der Waals surface area contributed by atoms with Crippen molar-refractivity contribution in [2.75, 3.05) is 6.54 Å². The highest BCUT2D eigenvalue weighted by Gasteiger charge is 2.14. The van der Waals surface area contributed by atoms with Gasteiger partial charge in [-0.3, -0.25) is 0 Å². The summed E-state index contributed by atoms with van der Waals surface area (Å²) in [7, 11) is 0. The van der Waals surface area contributed by atoms with Crippen molar-refractivity contribution in [1.29, 1.82) is 0 Å². The van der Waals surface area contributed by atoms with Gasteiger partial charge in [-0.15, -0.1) is 11.3 Å². The smallest absolute Gasteiger partial charge is 0.0417 e. The number of hydrogen-bond acceptors (Lipinski definition) is 2. The normalized spacial score (nSPS) is 13.2. The topological polar surface area (TPSA) is 12.0 Å². The van der Waals surface area contributed by atoms with E-state index in [1.165, 1.54) is 24.8 Å². The minimum Gasteiger partial charge on any atom is -0.310 e. The fourth-order valence-corrected chi connectivity index (χ4v) is 3.36. The summed E-state index contributed by atoms with van der Waals surface area (Å²) in [5, 5.41) is 5.88. The van der Waals surface area contributed by atoms with Crippen LogP contribution in [0.2, 0.25) is 0 Å². The molecule has 1 unspecified atom stereocenters. The summed E-state index contributed by atoms with van der Waals surface area (Å²) < 4.78 is 0. The molecule has 0 aromatic carbocycles. The van der Waals surface area contributed by atoms with Gasteiger partial charge in [-0.25, -0.2) is 0 Å². The maximum atomic E-state index is 3.64. The molecule has 1 rings (SSSR count). The molecule has 1 heterocycles. The Labute approximate surface area is 111 Å². The third-order valence-electron chi connectivity index (χ3n) is 3.20. The molecule has 1 nitrogen and oxygen atoms in total. The van der Waals surface area contributed by atoms with Crippen LogP contribution in [-0.2, 0) is 6.42 Å². The van der Waals surface area contributed by atoms with Gasteiger partial charge in [-0.1, -0.05) is 40.5 Å². The minimum absolute atomic E-state index is 0.577. The van der Waals surface area contributed by atoms with Crippen molar-refractivity contribution in [2.24, 2.45) is 5.92 Å². The summed E-state index contributed by atoms with van der Waals surface area (Å²) in [6.07, 6.45) is 5.11. The SMILES string of the molecule is CCNC(CCCC(C)C)c1sccc1CC. The summed E-state index contributed by atoms with van der Waals surface area (Å²) in [5.41, 5.74) is 1.53. The Morgan fingerprint density at radius 3 is 2.59 bits per heavy atom. The van der Waals surface area contributed by atoms with Crippen molar-refractivity contribution in [3.63, 3.8) is 0 Å². The summed E-state index contributed by atoms with van der Waals surface area (Å²) in [6.45, 7) is 10.1. The van der Waals surface area contributed by atoms with Crippen molar-refractivity contribution >= 4 is 11.3 Å². The first-order chi connectivity index (χ1) is 8.19. The molecule has 98 valence electrons. The van der Waals surface area contributed by atoms with Gasteiger partial charge in [0.1, 0.15) is 0 Å². The van der Waals surface area contributed by atoms with Gasteiger partial charge in [-0.2, -0.15) is 0 Å². The maximum Gasteiger partial charge on any atom is 0.0417 e. The summed E-state index contributed by atoms with van der Waals surface area (Å²) in [6, 6.07) is 2.86. The Balaban J connectivity index is 2.58. The van der Waals surface area contributed by atoms with Crippen LogP contribution in [0, 0.1) is 5.92 Å². The van der Waals surface area contributed by atoms with Crippen LogP contribution in [0.25, 0.3) is 0 Å². The van der Waals surface area contributed by atoms with Crippen molar-refractivity contribution in [1.82, 2.24) is 5.32 Å². The monoisotopic (exact) mass is 253 g/mol. The van der Waals surface area contributed by atoms with E-state index < -0.39 is 0 Å². The molecular weight excluding hydrogens is 226 g/mol. The van der Waals surface area contributed by atoms with E-state index in [9.17, 15) is 0 Å². The van der Waals surface area contributed by atoms with Gasteiger partial charge in [0.25, 0.3) is 0 Å². The molecule has 0 bridgehead atoms. The van der Waals surface area contributed by atoms with Crippen molar-refractivity contribution < 1.29 is 0 Å². The predicted octanol–water partition coefficient (Wildman–Crippen LogP) is 4.79. The van der Waals surface area contributed by atoms with Crippen LogP contribution in [-0.4, -0.2) is 6.54 Å². The zero-order chi connectivity index (χ0) is 12.7. The average molecular weight is 253 g/mol. The Kier molecular flexibility index (Phi) is 6.83. The first kappa shape index (κ1) is 14.7. The highest BCUT2D eigenvalue weighted by molar-refractivity contribution is 7.10. The largest absolute Gasteiger partial charge is 0.310 e. The molecule has 2 heteroatoms. The Morgan fingerprint density at radius 1 is 1.24 bits per heavy atom. The molecule has 0 saturated carbocycles. The zero-order valence-corrected chi connectivity index (χ0v) is 12.6. The molecule has 0 radical (unpaired) electrons. The Bertz CT molecular complexity index is 304. The Morgan fingerprint density at radius 2 is 2.00 bits per heavy atom. The summed E-state index contributed by atoms with van der Waals surface area (Å²) in [5.74, 6) is 0.825. The molecule has 0 fully saturated rings. The fourth-order valence-electron chi connectivity index (χ4n) is 2.25. The lowest BCUT2D eigenvalue weighted by molar-refractivity contribution is 0.458. The lowest BCUT2D eigenvalue weighted by atomic mass is 10.00. The van der Waals surface area contributed by atoms with Crippen LogP contribution in [0.4, 0.5) is 0 Å². The molecule has 1 atom stereocenters. The fraction of sp³-hybridized carbons (Fsp3) is 0.733. The third kappa shape index (κ3) is 4.81. The number of hydrogen-bond donors (Lipinski definition) is 1. The van der Waals surface area contributed by atoms with Gasteiger partial charge in [0.05, 0.1) is 0 Å². The molecule has 1 aromatic rings. The average Bonchev–Trinajstić information content (AvgIpc) is 2.75. The molecule has 1 aromatic heterocycles. The van der Waals surface area contributed by atoms with Crippen LogP contribution in [0.5, 0.6) is 0 Å². The van der Waals surface area contributed by atoms with E-state index in [2.05, 4.69) is 44.5 Å². The van der Waals surface area contributed by atoms with Crippen LogP contribution >= 0.6 is 11.3 Å². The number of nitrogens with one attached hydrogen (secondary N) is 1. The zero-order valence-electron chi connectivity index (χ0n) is 11.8. The summed E-state index contributed by atoms with van der Waals surface area (Å²) in [4.78, 5) is 1.57. The second kappa shape index (κ2) is 7.88. The molecule has 17 heavy (non-hydrogen) atoms. The molecule has 0 aliphatic heterocycles. The molecule has 0 aliphatic carbocycles. The number of rotatable bonds is 8. The molecular formula is C15H27NS. The van der Waals surface area contributed by atoms with Gasteiger partial charge < -0.3 is 5.32 Å². The van der Waals surface area contributed by atoms with Gasteiger partial charge in [0.15, 0.2) is 0 Å². The van der Waals surface area contributed by atoms with E-state index in [1.807, 2.05) is 11.3 Å². The Hall–Kier alpha value is -0.340. The van der Waals surface area contributed by atoms with Crippen molar-refractivity contribution in [3.05, 3.63) is 21.9 Å². The van der Waals surface area contributed by atoms with Gasteiger partial charge in [0, 0.05) is 10.9 Å². The van der Waals surface area contributed by atoms with Gasteiger partial charge in [-0.05, 0) is 42.3 Å². The second-order valence-corrected chi connectivity index (χ2v) is 6.05. The van der Waals surface area contributed by atoms with Crippen LogP contribution in [0.3, 0.4) is 0 Å². The second-order valence-electron chi connectivity index (χ2n) is 5.10. The first-order valence-corrected chi connectivity index (χ1v) is 7.86. The van der Waals surface area contributed by atoms with E-state index in [0.29, 0.717) is 6.04 Å². The third-order valence-corrected chi connectivity index (χ3v) is 4.28. The van der Waals surface area contributed by atoms with E-state index >= 15 is 0 Å². The molecule has 0 aliphatic rings. The molecule has 0 spiro atoms. The molecule has 0 saturated heterocycles. The highest BCUT2D eigenvalue weighted by Crippen LogP contribution is 2.29. The predicted molar refractivity (Wildman–Crippen MR) is 78.8 cm³/mol. The maximum absolute atomic E-state index is 3.64. The summed E-state index contributed by atoms with van der Waals surface area (Å²) >= 11 is 1.92. The van der Waals surface area contributed by atoms with E-state index in [4.69, 9.17) is 0 Å². The quantitative estimate of drug-likeness (QED) is 0.702.